The van der Waals surface area contributed by atoms with Gasteiger partial charge >= 0.3 is 0 Å². The van der Waals surface area contributed by atoms with Gasteiger partial charge in [0.1, 0.15) is 5.60 Å². The molecule has 0 spiro atoms. The molecule has 0 aliphatic heterocycles. The number of rotatable bonds is 3. The van der Waals surface area contributed by atoms with E-state index in [0.717, 1.165) is 6.42 Å². The smallest absolute Gasteiger partial charge is 0.122 e. The van der Waals surface area contributed by atoms with Crippen LogP contribution in [0.1, 0.15) is 41.0 Å². The van der Waals surface area contributed by atoms with Gasteiger partial charge in [0.05, 0.1) is 0 Å². The summed E-state index contributed by atoms with van der Waals surface area (Å²) in [5.41, 5.74) is -0.295. The Labute approximate surface area is 82.9 Å². The summed E-state index contributed by atoms with van der Waals surface area (Å²) in [6.07, 6.45) is 0.963. The summed E-state index contributed by atoms with van der Waals surface area (Å²) in [6, 6.07) is 0. The first kappa shape index (κ1) is 12.5. The van der Waals surface area contributed by atoms with Gasteiger partial charge < -0.3 is 4.74 Å². The van der Waals surface area contributed by atoms with Gasteiger partial charge in [0.25, 0.3) is 0 Å². The lowest BCUT2D eigenvalue weighted by Gasteiger charge is -2.15. The van der Waals surface area contributed by atoms with Crippen LogP contribution >= 0.6 is 0 Å². The second-order valence-electron chi connectivity index (χ2n) is 4.44. The van der Waals surface area contributed by atoms with Gasteiger partial charge in [0.15, 0.2) is 0 Å². The minimum Gasteiger partial charge on any atom is -0.366 e. The molecule has 0 fully saturated rings. The lowest BCUT2D eigenvalue weighted by Crippen LogP contribution is -2.19. The molecule has 0 N–H and O–H groups in total. The standard InChI is InChI=1S/C12H22O/c1-10(2)11(3)8-7-9-12(4,5)13-6/h10-11H,8H2,1-6H3/t11-/m1/s1. The Kier molecular flexibility index (Phi) is 5.10. The Hall–Kier alpha value is -0.480. The Morgan fingerprint density at radius 3 is 2.15 bits per heavy atom. The van der Waals surface area contributed by atoms with Gasteiger partial charge in [-0.25, -0.2) is 0 Å². The average Bonchev–Trinajstić information content (AvgIpc) is 2.04. The lowest BCUT2D eigenvalue weighted by atomic mass is 9.95. The van der Waals surface area contributed by atoms with E-state index < -0.39 is 0 Å². The van der Waals surface area contributed by atoms with Crippen LogP contribution in [0, 0.1) is 23.7 Å². The van der Waals surface area contributed by atoms with Crippen LogP contribution in [-0.4, -0.2) is 12.7 Å². The Balaban J connectivity index is 3.99. The maximum Gasteiger partial charge on any atom is 0.122 e. The molecule has 1 heteroatoms. The minimum atomic E-state index is -0.295. The number of ether oxygens (including phenoxy) is 1. The highest BCUT2D eigenvalue weighted by Gasteiger charge is 2.11. The molecule has 0 heterocycles. The summed E-state index contributed by atoms with van der Waals surface area (Å²) in [5.74, 6) is 7.68. The van der Waals surface area contributed by atoms with Gasteiger partial charge in [-0.05, 0) is 25.7 Å². The van der Waals surface area contributed by atoms with Crippen LogP contribution < -0.4 is 0 Å². The molecule has 0 bridgehead atoms. The summed E-state index contributed by atoms with van der Waals surface area (Å²) in [5, 5.41) is 0. The molecule has 0 aliphatic rings. The SMILES string of the molecule is COC(C)(C)C#CC[C@@H](C)C(C)C. The third-order valence-electron chi connectivity index (χ3n) is 2.46. The van der Waals surface area contributed by atoms with Crippen molar-refractivity contribution in [3.05, 3.63) is 0 Å². The number of hydrogen-bond acceptors (Lipinski definition) is 1. The van der Waals surface area contributed by atoms with E-state index >= 15 is 0 Å². The first-order valence-electron chi connectivity index (χ1n) is 4.94. The van der Waals surface area contributed by atoms with E-state index in [1.807, 2.05) is 13.8 Å². The van der Waals surface area contributed by atoms with Gasteiger partial charge in [0.2, 0.25) is 0 Å². The fourth-order valence-corrected chi connectivity index (χ4v) is 0.712. The highest BCUT2D eigenvalue weighted by molar-refractivity contribution is 5.11. The molecule has 0 saturated heterocycles. The zero-order chi connectivity index (χ0) is 10.5. The second-order valence-corrected chi connectivity index (χ2v) is 4.44. The average molecular weight is 182 g/mol. The molecule has 0 unspecified atom stereocenters. The quantitative estimate of drug-likeness (QED) is 0.609. The summed E-state index contributed by atoms with van der Waals surface area (Å²) in [4.78, 5) is 0. The second kappa shape index (κ2) is 5.29. The van der Waals surface area contributed by atoms with Crippen molar-refractivity contribution in [2.75, 3.05) is 7.11 Å². The van der Waals surface area contributed by atoms with E-state index in [9.17, 15) is 0 Å². The highest BCUT2D eigenvalue weighted by atomic mass is 16.5. The molecule has 0 amide bonds. The van der Waals surface area contributed by atoms with Gasteiger partial charge in [-0.15, -0.1) is 0 Å². The Morgan fingerprint density at radius 1 is 1.23 bits per heavy atom. The summed E-state index contributed by atoms with van der Waals surface area (Å²) in [7, 11) is 1.69. The molecule has 0 aromatic carbocycles. The Morgan fingerprint density at radius 2 is 1.77 bits per heavy atom. The fraction of sp³-hybridized carbons (Fsp3) is 0.833. The molecule has 0 aromatic heterocycles. The molecule has 0 saturated carbocycles. The van der Waals surface area contributed by atoms with Crippen LogP contribution in [0.3, 0.4) is 0 Å². The van der Waals surface area contributed by atoms with Crippen LogP contribution in [0.4, 0.5) is 0 Å². The normalized spacial score (nSPS) is 13.8. The van der Waals surface area contributed by atoms with Crippen molar-refractivity contribution >= 4 is 0 Å². The molecule has 0 aliphatic carbocycles. The molecule has 0 rings (SSSR count). The van der Waals surface area contributed by atoms with E-state index in [1.165, 1.54) is 0 Å². The molecule has 1 atom stereocenters. The molecule has 1 nitrogen and oxygen atoms in total. The molecule has 76 valence electrons. The molecular formula is C12H22O. The number of hydrogen-bond donors (Lipinski definition) is 0. The van der Waals surface area contributed by atoms with E-state index in [1.54, 1.807) is 7.11 Å². The third kappa shape index (κ3) is 5.71. The lowest BCUT2D eigenvalue weighted by molar-refractivity contribution is 0.0740. The highest BCUT2D eigenvalue weighted by Crippen LogP contribution is 2.13. The minimum absolute atomic E-state index is 0.295. The predicted octanol–water partition coefficient (Wildman–Crippen LogP) is 3.10. The van der Waals surface area contributed by atoms with Crippen molar-refractivity contribution in [2.45, 2.75) is 46.6 Å². The zero-order valence-corrected chi connectivity index (χ0v) is 9.77. The Bertz CT molecular complexity index is 193. The predicted molar refractivity (Wildman–Crippen MR) is 57.5 cm³/mol. The van der Waals surface area contributed by atoms with Crippen molar-refractivity contribution in [2.24, 2.45) is 11.8 Å². The van der Waals surface area contributed by atoms with Crippen molar-refractivity contribution in [1.29, 1.82) is 0 Å². The first-order chi connectivity index (χ1) is 5.89. The van der Waals surface area contributed by atoms with Crippen LogP contribution in [-0.2, 0) is 4.74 Å². The monoisotopic (exact) mass is 182 g/mol. The number of methoxy groups -OCH3 is 1. The molecular weight excluding hydrogens is 160 g/mol. The van der Waals surface area contributed by atoms with Gasteiger partial charge in [-0.3, -0.25) is 0 Å². The van der Waals surface area contributed by atoms with Gasteiger partial charge in [0, 0.05) is 13.5 Å². The maximum atomic E-state index is 5.21. The van der Waals surface area contributed by atoms with Crippen LogP contribution in [0.2, 0.25) is 0 Å². The first-order valence-corrected chi connectivity index (χ1v) is 4.94. The summed E-state index contributed by atoms with van der Waals surface area (Å²) >= 11 is 0. The van der Waals surface area contributed by atoms with Gasteiger partial charge in [-0.1, -0.05) is 32.6 Å². The molecule has 0 radical (unpaired) electrons. The van der Waals surface area contributed by atoms with Crippen LogP contribution in [0.25, 0.3) is 0 Å². The maximum absolute atomic E-state index is 5.21. The van der Waals surface area contributed by atoms with Gasteiger partial charge in [-0.2, -0.15) is 0 Å². The van der Waals surface area contributed by atoms with E-state index in [0.29, 0.717) is 11.8 Å². The van der Waals surface area contributed by atoms with E-state index in [4.69, 9.17) is 4.74 Å². The van der Waals surface area contributed by atoms with E-state index in [-0.39, 0.29) is 5.60 Å². The fourth-order valence-electron chi connectivity index (χ4n) is 0.712. The van der Waals surface area contributed by atoms with Crippen LogP contribution in [0.15, 0.2) is 0 Å². The van der Waals surface area contributed by atoms with E-state index in [2.05, 4.69) is 32.6 Å². The summed E-state index contributed by atoms with van der Waals surface area (Å²) < 4.78 is 5.21. The van der Waals surface area contributed by atoms with Crippen LogP contribution in [0.5, 0.6) is 0 Å². The van der Waals surface area contributed by atoms with Crippen molar-refractivity contribution in [1.82, 2.24) is 0 Å². The van der Waals surface area contributed by atoms with Crippen molar-refractivity contribution in [3.63, 3.8) is 0 Å². The van der Waals surface area contributed by atoms with Crippen molar-refractivity contribution < 1.29 is 4.74 Å². The summed E-state index contributed by atoms with van der Waals surface area (Å²) in [6.45, 7) is 10.7. The topological polar surface area (TPSA) is 9.23 Å². The van der Waals surface area contributed by atoms with Crippen molar-refractivity contribution in [3.8, 4) is 11.8 Å². The largest absolute Gasteiger partial charge is 0.366 e. The molecule has 0 aromatic rings. The zero-order valence-electron chi connectivity index (χ0n) is 9.77. The third-order valence-corrected chi connectivity index (χ3v) is 2.46. The molecule has 13 heavy (non-hydrogen) atoms.